The zero-order chi connectivity index (χ0) is 20.4. The Morgan fingerprint density at radius 3 is 2.41 bits per heavy atom. The molecular formula is C23H26N2O4. The Bertz CT molecular complexity index is 890. The van der Waals surface area contributed by atoms with Crippen LogP contribution in [-0.4, -0.2) is 56.2 Å². The van der Waals surface area contributed by atoms with Crippen molar-refractivity contribution in [1.82, 2.24) is 4.90 Å². The topological polar surface area (TPSA) is 59.1 Å². The summed E-state index contributed by atoms with van der Waals surface area (Å²) in [5.74, 6) is 0.540. The lowest BCUT2D eigenvalue weighted by Crippen LogP contribution is -2.48. The van der Waals surface area contributed by atoms with Crippen molar-refractivity contribution in [2.45, 2.75) is 25.3 Å². The summed E-state index contributed by atoms with van der Waals surface area (Å²) in [6.07, 6.45) is 0.606. The van der Waals surface area contributed by atoms with E-state index in [1.54, 1.807) is 31.4 Å². The van der Waals surface area contributed by atoms with Crippen molar-refractivity contribution >= 4 is 17.5 Å². The molecule has 2 heterocycles. The number of methoxy groups -OCH3 is 1. The number of benzene rings is 2. The number of carbonyl (C=O) groups is 2. The van der Waals surface area contributed by atoms with Gasteiger partial charge in [0.1, 0.15) is 5.75 Å². The van der Waals surface area contributed by atoms with E-state index in [1.807, 2.05) is 41.0 Å². The van der Waals surface area contributed by atoms with Crippen LogP contribution in [0, 0.1) is 0 Å². The van der Waals surface area contributed by atoms with Crippen LogP contribution < -0.4 is 9.64 Å². The summed E-state index contributed by atoms with van der Waals surface area (Å²) in [6.45, 7) is 4.42. The molecule has 1 saturated heterocycles. The average Bonchev–Trinajstić information content (AvgIpc) is 2.78. The molecule has 2 atom stereocenters. The second kappa shape index (κ2) is 8.25. The van der Waals surface area contributed by atoms with Crippen LogP contribution in [0.4, 0.5) is 5.69 Å². The fourth-order valence-corrected chi connectivity index (χ4v) is 4.23. The predicted molar refractivity (Wildman–Crippen MR) is 110 cm³/mol. The van der Waals surface area contributed by atoms with Gasteiger partial charge in [0.05, 0.1) is 26.2 Å². The van der Waals surface area contributed by atoms with Gasteiger partial charge in [-0.25, -0.2) is 0 Å². The number of fused-ring (bicyclic) bond motifs is 1. The van der Waals surface area contributed by atoms with E-state index in [2.05, 4.69) is 0 Å². The number of hydrogen-bond acceptors (Lipinski definition) is 4. The van der Waals surface area contributed by atoms with Gasteiger partial charge in [0.2, 0.25) is 5.91 Å². The summed E-state index contributed by atoms with van der Waals surface area (Å²) in [6, 6.07) is 14.8. The number of amides is 2. The van der Waals surface area contributed by atoms with Crippen molar-refractivity contribution in [3.8, 4) is 5.75 Å². The largest absolute Gasteiger partial charge is 0.497 e. The molecule has 2 aliphatic heterocycles. The van der Waals surface area contributed by atoms with Crippen LogP contribution >= 0.6 is 0 Å². The van der Waals surface area contributed by atoms with Gasteiger partial charge in [-0.3, -0.25) is 9.59 Å². The number of rotatable bonds is 3. The molecule has 0 spiro atoms. The quantitative estimate of drug-likeness (QED) is 0.803. The zero-order valence-corrected chi connectivity index (χ0v) is 16.8. The summed E-state index contributed by atoms with van der Waals surface area (Å²) >= 11 is 0. The molecule has 0 saturated carbocycles. The first-order chi connectivity index (χ1) is 14.1. The lowest BCUT2D eigenvalue weighted by atomic mass is 9.84. The Morgan fingerprint density at radius 1 is 1.03 bits per heavy atom. The minimum absolute atomic E-state index is 0.0649. The molecule has 2 amide bonds. The minimum atomic E-state index is -0.237. The molecular weight excluding hydrogens is 368 g/mol. The highest BCUT2D eigenvalue weighted by Crippen LogP contribution is 2.40. The first kappa shape index (κ1) is 19.5. The minimum Gasteiger partial charge on any atom is -0.497 e. The fourth-order valence-electron chi connectivity index (χ4n) is 4.23. The van der Waals surface area contributed by atoms with E-state index in [0.717, 1.165) is 11.3 Å². The van der Waals surface area contributed by atoms with E-state index in [4.69, 9.17) is 9.47 Å². The first-order valence-electron chi connectivity index (χ1n) is 10.0. The normalized spacial score (nSPS) is 21.4. The molecule has 0 N–H and O–H groups in total. The number of hydrogen-bond donors (Lipinski definition) is 0. The average molecular weight is 394 g/mol. The number of morpholine rings is 1. The third-order valence-electron chi connectivity index (χ3n) is 5.77. The summed E-state index contributed by atoms with van der Waals surface area (Å²) in [5, 5.41) is 0. The molecule has 2 aromatic rings. The third-order valence-corrected chi connectivity index (χ3v) is 5.77. The number of anilines is 1. The van der Waals surface area contributed by atoms with Crippen LogP contribution in [0.5, 0.6) is 5.75 Å². The second-order valence-electron chi connectivity index (χ2n) is 7.54. The highest BCUT2D eigenvalue weighted by Gasteiger charge is 2.38. The number of nitrogens with zero attached hydrogens (tertiary/aromatic N) is 2. The SMILES string of the molecule is COc1ccc(C(=O)N2c3ccccc3[C@@H](C(=O)N3CCOCC3)C[C@@H]2C)cc1. The Kier molecular flexibility index (Phi) is 5.53. The fraction of sp³-hybridized carbons (Fsp3) is 0.391. The van der Waals surface area contributed by atoms with Gasteiger partial charge >= 0.3 is 0 Å². The van der Waals surface area contributed by atoms with E-state index in [-0.39, 0.29) is 23.8 Å². The van der Waals surface area contributed by atoms with Crippen molar-refractivity contribution in [1.29, 1.82) is 0 Å². The predicted octanol–water partition coefficient (Wildman–Crippen LogP) is 3.08. The van der Waals surface area contributed by atoms with Crippen LogP contribution in [0.2, 0.25) is 0 Å². The molecule has 2 aromatic carbocycles. The molecule has 0 aliphatic carbocycles. The first-order valence-corrected chi connectivity index (χ1v) is 10.0. The van der Waals surface area contributed by atoms with Crippen LogP contribution in [0.25, 0.3) is 0 Å². The second-order valence-corrected chi connectivity index (χ2v) is 7.54. The van der Waals surface area contributed by atoms with Crippen molar-refractivity contribution in [3.05, 3.63) is 59.7 Å². The molecule has 0 bridgehead atoms. The summed E-state index contributed by atoms with van der Waals surface area (Å²) in [7, 11) is 1.60. The summed E-state index contributed by atoms with van der Waals surface area (Å²) in [4.78, 5) is 30.3. The maximum Gasteiger partial charge on any atom is 0.258 e. The van der Waals surface area contributed by atoms with E-state index < -0.39 is 0 Å². The van der Waals surface area contributed by atoms with E-state index >= 15 is 0 Å². The smallest absolute Gasteiger partial charge is 0.258 e. The van der Waals surface area contributed by atoms with Gasteiger partial charge in [0, 0.05) is 30.4 Å². The maximum atomic E-state index is 13.3. The molecule has 0 aromatic heterocycles. The van der Waals surface area contributed by atoms with Crippen LogP contribution in [0.1, 0.15) is 35.2 Å². The van der Waals surface area contributed by atoms with Gasteiger partial charge in [-0.05, 0) is 49.2 Å². The van der Waals surface area contributed by atoms with Gasteiger partial charge in [-0.15, -0.1) is 0 Å². The Morgan fingerprint density at radius 2 is 1.72 bits per heavy atom. The molecule has 6 nitrogen and oxygen atoms in total. The summed E-state index contributed by atoms with van der Waals surface area (Å²) < 4.78 is 10.6. The maximum absolute atomic E-state index is 13.3. The summed E-state index contributed by atoms with van der Waals surface area (Å²) in [5.41, 5.74) is 2.34. The third kappa shape index (κ3) is 3.72. The Balaban J connectivity index is 1.65. The van der Waals surface area contributed by atoms with Gasteiger partial charge in [-0.2, -0.15) is 0 Å². The highest BCUT2D eigenvalue weighted by atomic mass is 16.5. The molecule has 0 radical (unpaired) electrons. The van der Waals surface area contributed by atoms with Crippen LogP contribution in [-0.2, 0) is 9.53 Å². The van der Waals surface area contributed by atoms with E-state index in [9.17, 15) is 9.59 Å². The van der Waals surface area contributed by atoms with E-state index in [1.165, 1.54) is 0 Å². The van der Waals surface area contributed by atoms with E-state index in [0.29, 0.717) is 44.0 Å². The number of carbonyl (C=O) groups excluding carboxylic acids is 2. The Labute approximate surface area is 171 Å². The lowest BCUT2D eigenvalue weighted by Gasteiger charge is -2.40. The molecule has 4 rings (SSSR count). The Hall–Kier alpha value is -2.86. The van der Waals surface area contributed by atoms with Gasteiger partial charge in [0.15, 0.2) is 0 Å². The standard InChI is InChI=1S/C23H26N2O4/c1-16-15-20(23(27)24-11-13-29-14-12-24)19-5-3-4-6-21(19)25(16)22(26)17-7-9-18(28-2)10-8-17/h3-10,16,20H,11-15H2,1-2H3/t16-,20-/m0/s1. The molecule has 6 heteroatoms. The van der Waals surface area contributed by atoms with Gasteiger partial charge < -0.3 is 19.3 Å². The zero-order valence-electron chi connectivity index (χ0n) is 16.8. The monoisotopic (exact) mass is 394 g/mol. The van der Waals surface area contributed by atoms with Crippen molar-refractivity contribution in [2.75, 3.05) is 38.3 Å². The molecule has 1 fully saturated rings. The molecule has 2 aliphatic rings. The molecule has 29 heavy (non-hydrogen) atoms. The van der Waals surface area contributed by atoms with Crippen LogP contribution in [0.15, 0.2) is 48.5 Å². The van der Waals surface area contributed by atoms with Crippen molar-refractivity contribution < 1.29 is 19.1 Å². The van der Waals surface area contributed by atoms with Crippen molar-refractivity contribution in [2.24, 2.45) is 0 Å². The number of para-hydroxylation sites is 1. The van der Waals surface area contributed by atoms with Crippen molar-refractivity contribution in [3.63, 3.8) is 0 Å². The highest BCUT2D eigenvalue weighted by molar-refractivity contribution is 6.08. The molecule has 152 valence electrons. The van der Waals surface area contributed by atoms with Crippen LogP contribution in [0.3, 0.4) is 0 Å². The lowest BCUT2D eigenvalue weighted by molar-refractivity contribution is -0.137. The van der Waals surface area contributed by atoms with Gasteiger partial charge in [-0.1, -0.05) is 18.2 Å². The number of ether oxygens (including phenoxy) is 2. The molecule has 0 unspecified atom stereocenters. The van der Waals surface area contributed by atoms with Gasteiger partial charge in [0.25, 0.3) is 5.91 Å².